The second-order valence-electron chi connectivity index (χ2n) is 2.52. The molecule has 13 heavy (non-hydrogen) atoms. The van der Waals surface area contributed by atoms with Crippen molar-refractivity contribution in [3.63, 3.8) is 0 Å². The zero-order valence-corrected chi connectivity index (χ0v) is 6.68. The van der Waals surface area contributed by atoms with E-state index in [2.05, 4.69) is 10.1 Å². The number of hydrogen-bond acceptors (Lipinski definition) is 4. The van der Waals surface area contributed by atoms with Crippen molar-refractivity contribution in [2.45, 2.75) is 6.61 Å². The number of rotatable bonds is 1. The Balaban J connectivity index is 2.65. The van der Waals surface area contributed by atoms with Gasteiger partial charge in [-0.1, -0.05) is 0 Å². The van der Waals surface area contributed by atoms with Crippen molar-refractivity contribution in [1.82, 2.24) is 14.6 Å². The van der Waals surface area contributed by atoms with Gasteiger partial charge in [-0.25, -0.2) is 9.50 Å². The van der Waals surface area contributed by atoms with E-state index >= 15 is 0 Å². The van der Waals surface area contributed by atoms with Gasteiger partial charge in [0, 0.05) is 0 Å². The van der Waals surface area contributed by atoms with E-state index < -0.39 is 0 Å². The molecule has 0 aliphatic carbocycles. The van der Waals surface area contributed by atoms with Gasteiger partial charge < -0.3 is 5.11 Å². The highest BCUT2D eigenvalue weighted by molar-refractivity contribution is 5.41. The van der Waals surface area contributed by atoms with E-state index in [1.54, 1.807) is 12.1 Å². The van der Waals surface area contributed by atoms with Crippen LogP contribution in [0.4, 0.5) is 0 Å². The molecule has 0 unspecified atom stereocenters. The lowest BCUT2D eigenvalue weighted by Gasteiger charge is -1.94. The average Bonchev–Trinajstić information content (AvgIpc) is 2.58. The Morgan fingerprint density at radius 3 is 3.08 bits per heavy atom. The van der Waals surface area contributed by atoms with Gasteiger partial charge in [-0.3, -0.25) is 0 Å². The van der Waals surface area contributed by atoms with E-state index in [1.807, 2.05) is 6.07 Å². The third-order valence-corrected chi connectivity index (χ3v) is 1.65. The molecule has 64 valence electrons. The van der Waals surface area contributed by atoms with Crippen molar-refractivity contribution in [2.75, 3.05) is 0 Å². The van der Waals surface area contributed by atoms with Crippen molar-refractivity contribution in [3.05, 3.63) is 29.7 Å². The van der Waals surface area contributed by atoms with Crippen LogP contribution in [-0.2, 0) is 6.61 Å². The third-order valence-electron chi connectivity index (χ3n) is 1.65. The van der Waals surface area contributed by atoms with Crippen LogP contribution in [0.15, 0.2) is 18.3 Å². The smallest absolute Gasteiger partial charge is 0.161 e. The van der Waals surface area contributed by atoms with Crippen LogP contribution >= 0.6 is 0 Å². The molecule has 0 aromatic carbocycles. The van der Waals surface area contributed by atoms with Gasteiger partial charge in [0.1, 0.15) is 6.07 Å². The molecular formula is C8H6N4O. The van der Waals surface area contributed by atoms with Crippen LogP contribution in [0.5, 0.6) is 0 Å². The average molecular weight is 174 g/mol. The predicted octanol–water partition coefficient (Wildman–Crippen LogP) is 0.0933. The van der Waals surface area contributed by atoms with Gasteiger partial charge >= 0.3 is 0 Å². The molecule has 0 bridgehead atoms. The zero-order valence-electron chi connectivity index (χ0n) is 6.68. The Bertz CT molecular complexity index is 482. The first kappa shape index (κ1) is 7.71. The lowest BCUT2D eigenvalue weighted by atomic mass is 10.4. The highest BCUT2D eigenvalue weighted by Crippen LogP contribution is 2.03. The zero-order chi connectivity index (χ0) is 9.26. The minimum atomic E-state index is -0.115. The molecule has 0 saturated heterocycles. The number of aliphatic hydroxyl groups is 1. The summed E-state index contributed by atoms with van der Waals surface area (Å²) in [4.78, 5) is 3.96. The summed E-state index contributed by atoms with van der Waals surface area (Å²) in [6.45, 7) is -0.115. The summed E-state index contributed by atoms with van der Waals surface area (Å²) < 4.78 is 1.48. The Kier molecular flexibility index (Phi) is 1.69. The highest BCUT2D eigenvalue weighted by atomic mass is 16.3. The molecule has 2 aromatic rings. The number of nitriles is 1. The summed E-state index contributed by atoms with van der Waals surface area (Å²) >= 11 is 0. The second kappa shape index (κ2) is 2.84. The lowest BCUT2D eigenvalue weighted by Crippen LogP contribution is -1.95. The van der Waals surface area contributed by atoms with Crippen molar-refractivity contribution in [2.24, 2.45) is 0 Å². The molecular weight excluding hydrogens is 168 g/mol. The SMILES string of the molecule is N#Cc1cn2nc(CO)ccc2n1. The first-order valence-electron chi connectivity index (χ1n) is 3.70. The monoisotopic (exact) mass is 174 g/mol. The van der Waals surface area contributed by atoms with E-state index in [1.165, 1.54) is 10.7 Å². The van der Waals surface area contributed by atoms with Gasteiger partial charge in [0.25, 0.3) is 0 Å². The standard InChI is InChI=1S/C8H6N4O/c9-3-7-4-12-8(10-7)2-1-6(5-13)11-12/h1-2,4,13H,5H2. The lowest BCUT2D eigenvalue weighted by molar-refractivity contribution is 0.275. The Hall–Kier alpha value is -1.93. The van der Waals surface area contributed by atoms with E-state index in [0.717, 1.165) is 0 Å². The fourth-order valence-corrected chi connectivity index (χ4v) is 1.06. The highest BCUT2D eigenvalue weighted by Gasteiger charge is 2.01. The summed E-state index contributed by atoms with van der Waals surface area (Å²) in [6.07, 6.45) is 1.52. The largest absolute Gasteiger partial charge is 0.390 e. The van der Waals surface area contributed by atoms with Gasteiger partial charge in [-0.05, 0) is 12.1 Å². The van der Waals surface area contributed by atoms with Gasteiger partial charge in [0.05, 0.1) is 18.5 Å². The first-order chi connectivity index (χ1) is 6.33. The quantitative estimate of drug-likeness (QED) is 0.665. The minimum Gasteiger partial charge on any atom is -0.390 e. The van der Waals surface area contributed by atoms with Crippen LogP contribution in [0, 0.1) is 11.3 Å². The fourth-order valence-electron chi connectivity index (χ4n) is 1.06. The summed E-state index contributed by atoms with van der Waals surface area (Å²) in [5.41, 5.74) is 1.48. The normalized spacial score (nSPS) is 10.2. The Morgan fingerprint density at radius 2 is 2.38 bits per heavy atom. The predicted molar refractivity (Wildman–Crippen MR) is 43.6 cm³/mol. The maximum Gasteiger partial charge on any atom is 0.161 e. The van der Waals surface area contributed by atoms with Gasteiger partial charge in [-0.15, -0.1) is 0 Å². The Labute approximate surface area is 73.9 Å². The molecule has 0 aliphatic heterocycles. The molecule has 0 atom stereocenters. The molecule has 5 nitrogen and oxygen atoms in total. The molecule has 2 heterocycles. The second-order valence-corrected chi connectivity index (χ2v) is 2.52. The van der Waals surface area contributed by atoms with Crippen LogP contribution in [0.25, 0.3) is 5.65 Å². The van der Waals surface area contributed by atoms with Crippen LogP contribution in [-0.4, -0.2) is 19.7 Å². The van der Waals surface area contributed by atoms with Gasteiger partial charge in [-0.2, -0.15) is 10.4 Å². The number of aromatic nitrogens is 3. The molecule has 0 saturated carbocycles. The van der Waals surface area contributed by atoms with E-state index in [0.29, 0.717) is 17.0 Å². The third kappa shape index (κ3) is 1.23. The molecule has 5 heteroatoms. The topological polar surface area (TPSA) is 74.2 Å². The Morgan fingerprint density at radius 1 is 1.54 bits per heavy atom. The van der Waals surface area contributed by atoms with Crippen LogP contribution < -0.4 is 0 Å². The van der Waals surface area contributed by atoms with Crippen LogP contribution in [0.3, 0.4) is 0 Å². The summed E-state index contributed by atoms with van der Waals surface area (Å²) in [6, 6.07) is 5.30. The molecule has 2 aromatic heterocycles. The number of imidazole rings is 1. The fraction of sp³-hybridized carbons (Fsp3) is 0.125. The van der Waals surface area contributed by atoms with E-state index in [-0.39, 0.29) is 6.61 Å². The molecule has 0 radical (unpaired) electrons. The summed E-state index contributed by atoms with van der Waals surface area (Å²) in [5.74, 6) is 0. The number of hydrogen-bond donors (Lipinski definition) is 1. The molecule has 2 rings (SSSR count). The van der Waals surface area contributed by atoms with Crippen LogP contribution in [0.1, 0.15) is 11.4 Å². The van der Waals surface area contributed by atoms with Crippen molar-refractivity contribution >= 4 is 5.65 Å². The summed E-state index contributed by atoms with van der Waals surface area (Å²) in [5, 5.41) is 21.4. The molecule has 0 fully saturated rings. The number of fused-ring (bicyclic) bond motifs is 1. The minimum absolute atomic E-state index is 0.115. The summed E-state index contributed by atoms with van der Waals surface area (Å²) in [7, 11) is 0. The van der Waals surface area contributed by atoms with Crippen molar-refractivity contribution in [1.29, 1.82) is 5.26 Å². The van der Waals surface area contributed by atoms with Crippen molar-refractivity contribution in [3.8, 4) is 6.07 Å². The molecule has 0 aliphatic rings. The van der Waals surface area contributed by atoms with Crippen LogP contribution in [0.2, 0.25) is 0 Å². The van der Waals surface area contributed by atoms with Gasteiger partial charge in [0.2, 0.25) is 0 Å². The maximum atomic E-state index is 8.80. The number of aliphatic hydroxyl groups excluding tert-OH is 1. The van der Waals surface area contributed by atoms with E-state index in [9.17, 15) is 0 Å². The van der Waals surface area contributed by atoms with Gasteiger partial charge in [0.15, 0.2) is 11.3 Å². The molecule has 1 N–H and O–H groups in total. The molecule has 0 amide bonds. The first-order valence-corrected chi connectivity index (χ1v) is 3.70. The van der Waals surface area contributed by atoms with Crippen molar-refractivity contribution < 1.29 is 5.11 Å². The molecule has 0 spiro atoms. The number of nitrogens with zero attached hydrogens (tertiary/aromatic N) is 4. The van der Waals surface area contributed by atoms with E-state index in [4.69, 9.17) is 10.4 Å². The maximum absolute atomic E-state index is 8.80.